The maximum absolute atomic E-state index is 10.8. The maximum atomic E-state index is 10.8. The fraction of sp³-hybridized carbons (Fsp3) is 0.778. The van der Waals surface area contributed by atoms with Crippen LogP contribution in [0.2, 0.25) is 0 Å². The van der Waals surface area contributed by atoms with Crippen LogP contribution in [0.3, 0.4) is 0 Å². The second-order valence-electron chi connectivity index (χ2n) is 3.79. The highest BCUT2D eigenvalue weighted by Crippen LogP contribution is 2.30. The third kappa shape index (κ3) is 2.61. The second kappa shape index (κ2) is 5.07. The number of aldehydes is 1. The van der Waals surface area contributed by atoms with Gasteiger partial charge in [-0.2, -0.15) is 0 Å². The summed E-state index contributed by atoms with van der Waals surface area (Å²) in [5.41, 5.74) is 0. The van der Waals surface area contributed by atoms with Crippen LogP contribution in [0.25, 0.3) is 0 Å². The number of aliphatic hydroxyl groups excluding tert-OH is 3. The van der Waals surface area contributed by atoms with E-state index in [0.29, 0.717) is 0 Å². The first-order valence-electron chi connectivity index (χ1n) is 4.87. The number of hydrogen-bond donors (Lipinski definition) is 4. The highest BCUT2D eigenvalue weighted by Gasteiger charge is 2.53. The number of carbonyl (C=O) groups is 2. The third-order valence-electron chi connectivity index (χ3n) is 2.49. The van der Waals surface area contributed by atoms with E-state index >= 15 is 0 Å². The lowest BCUT2D eigenvalue weighted by atomic mass is 10.0. The van der Waals surface area contributed by atoms with Crippen molar-refractivity contribution in [3.63, 3.8) is 0 Å². The molecule has 1 saturated heterocycles. The smallest absolute Gasteiger partial charge is 0.364 e. The summed E-state index contributed by atoms with van der Waals surface area (Å²) in [6.45, 7) is 0.320. The summed E-state index contributed by atoms with van der Waals surface area (Å²) in [7, 11) is 0. The molecule has 5 atom stereocenters. The van der Waals surface area contributed by atoms with Crippen LogP contribution in [0.4, 0.5) is 0 Å². The van der Waals surface area contributed by atoms with Crippen LogP contribution < -0.4 is 0 Å². The van der Waals surface area contributed by atoms with Crippen molar-refractivity contribution in [3.8, 4) is 0 Å². The molecule has 0 aromatic heterocycles. The van der Waals surface area contributed by atoms with Gasteiger partial charge in [0.15, 0.2) is 6.29 Å². The van der Waals surface area contributed by atoms with Crippen molar-refractivity contribution < 1.29 is 39.5 Å². The Labute approximate surface area is 96.4 Å². The van der Waals surface area contributed by atoms with E-state index in [-0.39, 0.29) is 6.29 Å². The van der Waals surface area contributed by atoms with Gasteiger partial charge in [-0.1, -0.05) is 0 Å². The number of carboxylic acids is 1. The molecule has 0 aliphatic carbocycles. The summed E-state index contributed by atoms with van der Waals surface area (Å²) in [6, 6.07) is 0. The molecule has 0 radical (unpaired) electrons. The molecule has 8 nitrogen and oxygen atoms in total. The van der Waals surface area contributed by atoms with Gasteiger partial charge in [0.25, 0.3) is 5.79 Å². The van der Waals surface area contributed by atoms with Gasteiger partial charge >= 0.3 is 5.97 Å². The monoisotopic (exact) mass is 250 g/mol. The first-order chi connectivity index (χ1) is 7.85. The minimum atomic E-state index is -2.06. The zero-order valence-electron chi connectivity index (χ0n) is 9.02. The van der Waals surface area contributed by atoms with Crippen LogP contribution in [0, 0.1) is 0 Å². The maximum Gasteiger partial charge on any atom is 0.364 e. The quantitative estimate of drug-likeness (QED) is 0.393. The molecule has 1 unspecified atom stereocenters. The molecule has 0 aromatic rings. The Bertz CT molecular complexity index is 305. The van der Waals surface area contributed by atoms with E-state index in [9.17, 15) is 19.8 Å². The highest BCUT2D eigenvalue weighted by molar-refractivity contribution is 5.76. The number of aliphatic carboxylic acids is 1. The first kappa shape index (κ1) is 14.0. The Morgan fingerprint density at radius 2 is 2.06 bits per heavy atom. The molecule has 1 aliphatic heterocycles. The van der Waals surface area contributed by atoms with Crippen LogP contribution in [0.5, 0.6) is 0 Å². The van der Waals surface area contributed by atoms with Gasteiger partial charge in [0.05, 0.1) is 6.61 Å². The predicted molar refractivity (Wildman–Crippen MR) is 51.0 cm³/mol. The van der Waals surface area contributed by atoms with Crippen molar-refractivity contribution in [2.75, 3.05) is 6.61 Å². The van der Waals surface area contributed by atoms with E-state index in [1.165, 1.54) is 0 Å². The Hall–Kier alpha value is -1.06. The summed E-state index contributed by atoms with van der Waals surface area (Å²) in [5.74, 6) is -3.52. The summed E-state index contributed by atoms with van der Waals surface area (Å²) < 4.78 is 9.77. The van der Waals surface area contributed by atoms with Gasteiger partial charge in [-0.05, 0) is 0 Å². The Balaban J connectivity index is 2.86. The molecule has 1 rings (SSSR count). The van der Waals surface area contributed by atoms with Crippen LogP contribution in [-0.4, -0.2) is 69.5 Å². The summed E-state index contributed by atoms with van der Waals surface area (Å²) >= 11 is 0. The van der Waals surface area contributed by atoms with Crippen LogP contribution in [0.1, 0.15) is 6.92 Å². The minimum Gasteiger partial charge on any atom is -0.477 e. The average Bonchev–Trinajstić information content (AvgIpc) is 2.66. The van der Waals surface area contributed by atoms with Crippen molar-refractivity contribution in [2.24, 2.45) is 0 Å². The van der Waals surface area contributed by atoms with E-state index in [4.69, 9.17) is 19.7 Å². The molecular weight excluding hydrogens is 236 g/mol. The molecule has 8 heteroatoms. The third-order valence-corrected chi connectivity index (χ3v) is 2.49. The van der Waals surface area contributed by atoms with Gasteiger partial charge in [-0.15, -0.1) is 0 Å². The molecule has 1 fully saturated rings. The van der Waals surface area contributed by atoms with Crippen molar-refractivity contribution in [1.82, 2.24) is 0 Å². The number of carbonyl (C=O) groups excluding carboxylic acids is 1. The Kier molecular flexibility index (Phi) is 4.17. The molecule has 0 saturated carbocycles. The molecule has 0 bridgehead atoms. The molecule has 0 amide bonds. The van der Waals surface area contributed by atoms with Crippen molar-refractivity contribution in [1.29, 1.82) is 0 Å². The zero-order valence-corrected chi connectivity index (χ0v) is 9.02. The first-order valence-corrected chi connectivity index (χ1v) is 4.87. The molecular formula is C9H14O8. The largest absolute Gasteiger partial charge is 0.477 e. The lowest BCUT2D eigenvalue weighted by molar-refractivity contribution is -0.207. The zero-order chi connectivity index (χ0) is 13.2. The van der Waals surface area contributed by atoms with Gasteiger partial charge < -0.3 is 34.7 Å². The lowest BCUT2D eigenvalue weighted by Gasteiger charge is -2.23. The molecule has 1 aliphatic rings. The number of aliphatic hydroxyl groups is 3. The molecule has 0 aromatic carbocycles. The Morgan fingerprint density at radius 3 is 2.47 bits per heavy atom. The fourth-order valence-electron chi connectivity index (χ4n) is 1.48. The summed E-state index contributed by atoms with van der Waals surface area (Å²) in [4.78, 5) is 21.5. The lowest BCUT2D eigenvalue weighted by Crippen LogP contribution is -2.45. The van der Waals surface area contributed by atoms with Gasteiger partial charge in [-0.3, -0.25) is 0 Å². The molecule has 17 heavy (non-hydrogen) atoms. The van der Waals surface area contributed by atoms with Gasteiger partial charge in [0, 0.05) is 6.92 Å². The van der Waals surface area contributed by atoms with Crippen LogP contribution >= 0.6 is 0 Å². The van der Waals surface area contributed by atoms with Crippen molar-refractivity contribution >= 4 is 12.3 Å². The summed E-state index contributed by atoms with van der Waals surface area (Å²) in [6.07, 6.45) is -5.59. The molecule has 1 heterocycles. The fourth-order valence-corrected chi connectivity index (χ4v) is 1.48. The van der Waals surface area contributed by atoms with Crippen molar-refractivity contribution in [3.05, 3.63) is 0 Å². The van der Waals surface area contributed by atoms with E-state index in [0.717, 1.165) is 6.92 Å². The van der Waals surface area contributed by atoms with Gasteiger partial charge in [-0.25, -0.2) is 4.79 Å². The minimum absolute atomic E-state index is 0.270. The van der Waals surface area contributed by atoms with E-state index in [2.05, 4.69) is 0 Å². The number of hydrogen-bond acceptors (Lipinski definition) is 7. The molecule has 0 spiro atoms. The normalized spacial score (nSPS) is 36.5. The number of carboxylic acid groups (broad SMARTS) is 1. The van der Waals surface area contributed by atoms with Crippen LogP contribution in [-0.2, 0) is 19.1 Å². The molecule has 4 N–H and O–H groups in total. The number of ether oxygens (including phenoxy) is 2. The van der Waals surface area contributed by atoms with Crippen LogP contribution in [0.15, 0.2) is 0 Å². The van der Waals surface area contributed by atoms with E-state index in [1.54, 1.807) is 0 Å². The predicted octanol–water partition coefficient (Wildman–Crippen LogP) is -2.52. The van der Waals surface area contributed by atoms with E-state index < -0.39 is 42.8 Å². The topological polar surface area (TPSA) is 134 Å². The number of rotatable bonds is 5. The van der Waals surface area contributed by atoms with Gasteiger partial charge in [0.1, 0.15) is 24.4 Å². The standard InChI is InChI=1S/C9H14O8/c1-9(8(14)15)16-5(3-11)7(17-9)6(13)4(12)2-10/h3-7,10,12-13H,2H2,1H3,(H,14,15)/t4-,5+,6+,7-,9?/m1/s1. The van der Waals surface area contributed by atoms with E-state index in [1.807, 2.05) is 0 Å². The highest BCUT2D eigenvalue weighted by atomic mass is 16.8. The summed E-state index contributed by atoms with van der Waals surface area (Å²) in [5, 5.41) is 36.3. The second-order valence-corrected chi connectivity index (χ2v) is 3.79. The van der Waals surface area contributed by atoms with Crippen molar-refractivity contribution in [2.45, 2.75) is 37.1 Å². The Morgan fingerprint density at radius 1 is 1.47 bits per heavy atom. The molecule has 98 valence electrons. The average molecular weight is 250 g/mol. The SMILES string of the molecule is CC1(C(=O)O)O[C@@H]([C@@H](O)[C@H](O)CO)[C@H](C=O)O1. The van der Waals surface area contributed by atoms with Gasteiger partial charge in [0.2, 0.25) is 0 Å².